The smallest absolute Gasteiger partial charge is 0.0716 e. The minimum absolute atomic E-state index is 0.0304. The van der Waals surface area contributed by atoms with E-state index in [4.69, 9.17) is 0 Å². The monoisotopic (exact) mass is 527 g/mol. The summed E-state index contributed by atoms with van der Waals surface area (Å²) in [4.78, 5) is 4.68. The maximum absolute atomic E-state index is 4.68. The molecule has 0 fully saturated rings. The molecule has 0 saturated heterocycles. The first-order chi connectivity index (χ1) is 19.6. The standard InChI is InChI=1S/C38H25NS/c1-38(2)33-15-6-5-12-24(33)31-18-27-22-10-3-4-11-23(22)28-19-32-25-13-9-14-26(35-16-7-8-17-39-35)37(25)40-36(32)21-30(28)29(27)20-34(31)38/h3-21H,1-2H3. The number of benzene rings is 6. The SMILES string of the molecule is CC1(C)c2ccccc2-c2cc3c4ccccc4c4cc5c(cc4c3cc21)sc1c(-c2ccccn2)cccc15. The van der Waals surface area contributed by atoms with Gasteiger partial charge in [0.25, 0.3) is 0 Å². The van der Waals surface area contributed by atoms with Crippen molar-refractivity contribution in [2.24, 2.45) is 0 Å². The lowest BCUT2D eigenvalue weighted by Crippen LogP contribution is -2.14. The molecule has 0 aliphatic heterocycles. The Labute approximate surface area is 236 Å². The number of aromatic nitrogens is 1. The van der Waals surface area contributed by atoms with Gasteiger partial charge in [0.05, 0.1) is 5.69 Å². The highest BCUT2D eigenvalue weighted by Crippen LogP contribution is 2.52. The summed E-state index contributed by atoms with van der Waals surface area (Å²) in [6, 6.07) is 40.5. The quantitative estimate of drug-likeness (QED) is 0.193. The Bertz CT molecular complexity index is 2340. The van der Waals surface area contributed by atoms with Gasteiger partial charge in [-0.2, -0.15) is 0 Å². The number of fused-ring (bicyclic) bond motifs is 12. The average molecular weight is 528 g/mol. The van der Waals surface area contributed by atoms with E-state index in [0.717, 1.165) is 5.69 Å². The van der Waals surface area contributed by atoms with Crippen molar-refractivity contribution in [1.29, 1.82) is 0 Å². The molecule has 0 amide bonds. The first-order valence-electron chi connectivity index (χ1n) is 13.9. The molecule has 0 saturated carbocycles. The van der Waals surface area contributed by atoms with Crippen LogP contribution in [0.1, 0.15) is 25.0 Å². The van der Waals surface area contributed by atoms with Crippen molar-refractivity contribution in [3.63, 3.8) is 0 Å². The van der Waals surface area contributed by atoms with Crippen LogP contribution in [0.15, 0.2) is 115 Å². The van der Waals surface area contributed by atoms with Gasteiger partial charge >= 0.3 is 0 Å². The zero-order valence-electron chi connectivity index (χ0n) is 22.3. The molecular weight excluding hydrogens is 502 g/mol. The van der Waals surface area contributed by atoms with Crippen molar-refractivity contribution in [2.75, 3.05) is 0 Å². The summed E-state index contributed by atoms with van der Waals surface area (Å²) in [6.45, 7) is 4.74. The van der Waals surface area contributed by atoms with Gasteiger partial charge in [0.15, 0.2) is 0 Å². The Kier molecular flexibility index (Phi) is 4.34. The van der Waals surface area contributed by atoms with Gasteiger partial charge in [-0.15, -0.1) is 11.3 Å². The Morgan fingerprint density at radius 1 is 0.500 bits per heavy atom. The average Bonchev–Trinajstić information content (AvgIpc) is 3.48. The molecule has 1 nitrogen and oxygen atoms in total. The van der Waals surface area contributed by atoms with Crippen LogP contribution in [0.2, 0.25) is 0 Å². The van der Waals surface area contributed by atoms with Crippen molar-refractivity contribution in [1.82, 2.24) is 4.98 Å². The van der Waals surface area contributed by atoms with Crippen LogP contribution in [-0.2, 0) is 5.41 Å². The van der Waals surface area contributed by atoms with Crippen molar-refractivity contribution < 1.29 is 0 Å². The number of pyridine rings is 1. The maximum atomic E-state index is 4.68. The Morgan fingerprint density at radius 3 is 2.00 bits per heavy atom. The fourth-order valence-corrected chi connectivity index (χ4v) is 8.41. The number of hydrogen-bond acceptors (Lipinski definition) is 2. The van der Waals surface area contributed by atoms with Gasteiger partial charge in [-0.05, 0) is 91.0 Å². The van der Waals surface area contributed by atoms with Crippen molar-refractivity contribution >= 4 is 63.8 Å². The fourth-order valence-electron chi connectivity index (χ4n) is 7.16. The van der Waals surface area contributed by atoms with Gasteiger partial charge in [-0.25, -0.2) is 0 Å². The summed E-state index contributed by atoms with van der Waals surface area (Å²) in [6.07, 6.45) is 1.88. The van der Waals surface area contributed by atoms with Gasteiger partial charge in [0.2, 0.25) is 0 Å². The zero-order valence-corrected chi connectivity index (χ0v) is 23.1. The van der Waals surface area contributed by atoms with E-state index in [1.54, 1.807) is 0 Å². The van der Waals surface area contributed by atoms with Crippen LogP contribution >= 0.6 is 11.3 Å². The molecule has 6 aromatic carbocycles. The van der Waals surface area contributed by atoms with Gasteiger partial charge in [0, 0.05) is 37.3 Å². The molecule has 0 radical (unpaired) electrons. The summed E-state index contributed by atoms with van der Waals surface area (Å²) >= 11 is 1.89. The molecule has 0 unspecified atom stereocenters. The van der Waals surface area contributed by atoms with Gasteiger partial charge in [-0.3, -0.25) is 4.98 Å². The summed E-state index contributed by atoms with van der Waals surface area (Å²) in [5.74, 6) is 0. The molecule has 0 bridgehead atoms. The van der Waals surface area contributed by atoms with Crippen LogP contribution in [0.3, 0.4) is 0 Å². The molecular formula is C38H25NS. The highest BCUT2D eigenvalue weighted by atomic mass is 32.1. The summed E-state index contributed by atoms with van der Waals surface area (Å²) in [5.41, 5.74) is 7.79. The molecule has 0 N–H and O–H groups in total. The molecule has 1 aliphatic rings. The second kappa shape index (κ2) is 7.78. The number of thiophene rings is 1. The number of rotatable bonds is 1. The fraction of sp³-hybridized carbons (Fsp3) is 0.0789. The second-order valence-corrected chi connectivity index (χ2v) is 12.6. The lowest BCUT2D eigenvalue weighted by atomic mass is 9.81. The Hall–Kier alpha value is -4.53. The molecule has 2 heteroatoms. The largest absolute Gasteiger partial charge is 0.256 e. The highest BCUT2D eigenvalue weighted by molar-refractivity contribution is 7.26. The van der Waals surface area contributed by atoms with Crippen LogP contribution in [0.5, 0.6) is 0 Å². The summed E-state index contributed by atoms with van der Waals surface area (Å²) < 4.78 is 2.63. The van der Waals surface area contributed by atoms with Crippen LogP contribution in [0, 0.1) is 0 Å². The predicted molar refractivity (Wildman–Crippen MR) is 173 cm³/mol. The lowest BCUT2D eigenvalue weighted by molar-refractivity contribution is 0.661. The topological polar surface area (TPSA) is 12.9 Å². The van der Waals surface area contributed by atoms with Crippen molar-refractivity contribution in [2.45, 2.75) is 19.3 Å². The summed E-state index contributed by atoms with van der Waals surface area (Å²) in [7, 11) is 0. The number of hydrogen-bond donors (Lipinski definition) is 0. The van der Waals surface area contributed by atoms with Gasteiger partial charge in [0.1, 0.15) is 0 Å². The molecule has 0 atom stereocenters. The third-order valence-corrected chi connectivity index (χ3v) is 10.3. The van der Waals surface area contributed by atoms with Gasteiger partial charge in [-0.1, -0.05) is 86.6 Å². The van der Waals surface area contributed by atoms with E-state index in [1.807, 2.05) is 23.6 Å². The first kappa shape index (κ1) is 22.3. The molecule has 0 spiro atoms. The molecule has 2 heterocycles. The zero-order chi connectivity index (χ0) is 26.6. The lowest BCUT2D eigenvalue weighted by Gasteiger charge is -2.22. The van der Waals surface area contributed by atoms with Crippen LogP contribution in [-0.4, -0.2) is 4.98 Å². The predicted octanol–water partition coefficient (Wildman–Crippen LogP) is 10.9. The van der Waals surface area contributed by atoms with Crippen LogP contribution < -0.4 is 0 Å². The minimum Gasteiger partial charge on any atom is -0.256 e. The third kappa shape index (κ3) is 2.84. The van der Waals surface area contributed by atoms with E-state index in [9.17, 15) is 0 Å². The summed E-state index contributed by atoms with van der Waals surface area (Å²) in [5, 5.41) is 10.6. The van der Waals surface area contributed by atoms with E-state index in [0.29, 0.717) is 0 Å². The second-order valence-electron chi connectivity index (χ2n) is 11.6. The van der Waals surface area contributed by atoms with E-state index < -0.39 is 0 Å². The van der Waals surface area contributed by atoms with E-state index in [1.165, 1.54) is 80.3 Å². The molecule has 8 aromatic rings. The minimum atomic E-state index is -0.0304. The highest BCUT2D eigenvalue weighted by Gasteiger charge is 2.35. The molecule has 9 rings (SSSR count). The molecule has 1 aliphatic carbocycles. The van der Waals surface area contributed by atoms with Crippen LogP contribution in [0.4, 0.5) is 0 Å². The molecule has 188 valence electrons. The first-order valence-corrected chi connectivity index (χ1v) is 14.7. The maximum Gasteiger partial charge on any atom is 0.0716 e. The van der Waals surface area contributed by atoms with E-state index >= 15 is 0 Å². The van der Waals surface area contributed by atoms with E-state index in [-0.39, 0.29) is 5.41 Å². The third-order valence-electron chi connectivity index (χ3n) is 9.10. The normalized spacial score (nSPS) is 13.9. The number of nitrogens with zero attached hydrogens (tertiary/aromatic N) is 1. The Balaban J connectivity index is 1.43. The molecule has 2 aromatic heterocycles. The van der Waals surface area contributed by atoms with Crippen LogP contribution in [0.25, 0.3) is 74.9 Å². The van der Waals surface area contributed by atoms with Gasteiger partial charge < -0.3 is 0 Å². The van der Waals surface area contributed by atoms with E-state index in [2.05, 4.69) is 122 Å². The van der Waals surface area contributed by atoms with Crippen molar-refractivity contribution in [3.8, 4) is 22.4 Å². The molecule has 40 heavy (non-hydrogen) atoms. The van der Waals surface area contributed by atoms with Crippen molar-refractivity contribution in [3.05, 3.63) is 127 Å². The Morgan fingerprint density at radius 2 is 1.18 bits per heavy atom.